The van der Waals surface area contributed by atoms with Gasteiger partial charge in [-0.15, -0.1) is 11.4 Å². The Morgan fingerprint density at radius 1 is 0.643 bits per heavy atom. The van der Waals surface area contributed by atoms with Crippen LogP contribution in [-0.4, -0.2) is 46.6 Å². The first-order valence-electron chi connectivity index (χ1n) is 14.9. The smallest absolute Gasteiger partial charge is 0.506 e. The molecule has 0 unspecified atom stereocenters. The summed E-state index contributed by atoms with van der Waals surface area (Å²) in [5, 5.41) is 53.9. The summed E-state index contributed by atoms with van der Waals surface area (Å²) < 4.78 is 47.9. The summed E-state index contributed by atoms with van der Waals surface area (Å²) in [7, 11) is -7.97. The Hall–Kier alpha value is -4.37. The first-order valence-corrected chi connectivity index (χ1v) is 18.8. The average molecular weight is 889 g/mol. The largest absolute Gasteiger partial charge is 1.00 e. The van der Waals surface area contributed by atoms with E-state index in [0.717, 1.165) is 45.8 Å². The summed E-state index contributed by atoms with van der Waals surface area (Å²) in [6.07, 6.45) is 0. The summed E-state index contributed by atoms with van der Waals surface area (Å²) in [5.74, 6) is -0.649. The molecule has 2 aromatic heterocycles. The van der Waals surface area contributed by atoms with Gasteiger partial charge >= 0.3 is 29.6 Å². The van der Waals surface area contributed by atoms with Crippen LogP contribution in [-0.2, 0) is 37.4 Å². The molecule has 0 atom stereocenters. The third-order valence-corrected chi connectivity index (χ3v) is 9.66. The molecule has 286 valence electrons. The minimum Gasteiger partial charge on any atom is -0.506 e. The Balaban J connectivity index is 0.000000290. The fraction of sp³-hybridized carbons (Fsp3) is 0.0625. The summed E-state index contributed by atoms with van der Waals surface area (Å²) in [4.78, 5) is 24.7. The number of rotatable bonds is 8. The number of phenols is 2. The van der Waals surface area contributed by atoms with Crippen LogP contribution in [0.5, 0.6) is 11.5 Å². The molecule has 0 amide bonds. The van der Waals surface area contributed by atoms with Crippen molar-refractivity contribution in [1.29, 1.82) is 0 Å². The summed E-state index contributed by atoms with van der Waals surface area (Å²) in [5.41, 5.74) is -0.266. The van der Waals surface area contributed by atoms with E-state index in [-0.39, 0.29) is 102 Å². The maximum atomic E-state index is 12.6. The standard InChI is InChI=1S/2C16H13ClN5O4S.Cr.Na/c2*1-9-15(16(24)22(21-9)13-5-3-2-4-11(13)17)20-19-12-8-10(27(18,25)26)6-7-14(12)23;;/h2*2-8,23H,1H3,(H2,18,25,26);;/q2*-1;;+1. The normalized spacial score (nSPS) is 11.5. The number of aromatic hydroxyl groups is 2. The number of halogens is 2. The van der Waals surface area contributed by atoms with Gasteiger partial charge < -0.3 is 30.0 Å². The van der Waals surface area contributed by atoms with Crippen LogP contribution in [0, 0.1) is 13.8 Å². The second-order valence-corrected chi connectivity index (χ2v) is 14.9. The molecule has 0 radical (unpaired) electrons. The van der Waals surface area contributed by atoms with E-state index in [1.165, 1.54) is 0 Å². The van der Waals surface area contributed by atoms with Crippen molar-refractivity contribution in [3.63, 3.8) is 0 Å². The van der Waals surface area contributed by atoms with Crippen molar-refractivity contribution in [2.24, 2.45) is 30.7 Å². The molecule has 0 spiro atoms. The third-order valence-electron chi connectivity index (χ3n) is 7.20. The van der Waals surface area contributed by atoms with Crippen LogP contribution in [0.25, 0.3) is 11.4 Å². The number of phenolic OH excluding ortho intramolecular Hbond substituents is 2. The van der Waals surface area contributed by atoms with E-state index in [9.17, 15) is 36.6 Å². The van der Waals surface area contributed by atoms with E-state index < -0.39 is 31.2 Å². The van der Waals surface area contributed by atoms with Gasteiger partial charge in [-0.3, -0.25) is 0 Å². The Labute approximate surface area is 361 Å². The molecule has 4 aromatic carbocycles. The zero-order valence-corrected chi connectivity index (χ0v) is 35.6. The van der Waals surface area contributed by atoms with Gasteiger partial charge in [0.2, 0.25) is 20.0 Å². The van der Waals surface area contributed by atoms with Gasteiger partial charge in [0.15, 0.2) is 0 Å². The number of sulfonamides is 2. The Morgan fingerprint density at radius 3 is 1.30 bits per heavy atom. The van der Waals surface area contributed by atoms with Crippen LogP contribution in [0.2, 0.25) is 10.0 Å². The van der Waals surface area contributed by atoms with Gasteiger partial charge in [-0.2, -0.15) is 10.2 Å². The number of azo groups is 2. The number of nitrogens with zero attached hydrogens (tertiary/aromatic N) is 8. The maximum absolute atomic E-state index is 12.6. The molecule has 0 saturated heterocycles. The Morgan fingerprint density at radius 2 is 0.982 bits per heavy atom. The molecule has 0 bridgehead atoms. The quantitative estimate of drug-likeness (QED) is 0.0984. The van der Waals surface area contributed by atoms with Crippen molar-refractivity contribution in [2.75, 3.05) is 0 Å². The molecular weight excluding hydrogens is 862 g/mol. The number of aryl methyl sites for hydroxylation is 2. The van der Waals surface area contributed by atoms with Crippen molar-refractivity contribution in [3.8, 4) is 22.9 Å². The number of hydrogen-bond acceptors (Lipinski definition) is 14. The van der Waals surface area contributed by atoms with E-state index in [4.69, 9.17) is 33.5 Å². The minimum absolute atomic E-state index is 0. The van der Waals surface area contributed by atoms with E-state index >= 15 is 0 Å². The maximum Gasteiger partial charge on any atom is 1.00 e. The second kappa shape index (κ2) is 18.7. The zero-order chi connectivity index (χ0) is 39.5. The van der Waals surface area contributed by atoms with Crippen LogP contribution in [0.4, 0.5) is 22.7 Å². The minimum atomic E-state index is -3.98. The molecule has 18 nitrogen and oxygen atoms in total. The SMILES string of the molecule is Cc1nn(-c2ccccc2Cl)c(=O)[c-]1N=Nc1cc(S(N)(=O)=O)ccc1O.Cc1nn(-c2ccccc2Cl)c(=O)[c-]1N=Nc1cc(S(N)(=O)=O)ccc1O.[Cr].[Na+]. The molecular formula is C32H26Cl2CrN10NaO8S2-. The van der Waals surface area contributed by atoms with Crippen molar-refractivity contribution in [1.82, 2.24) is 19.6 Å². The second-order valence-electron chi connectivity index (χ2n) is 11.0. The van der Waals surface area contributed by atoms with Crippen molar-refractivity contribution in [2.45, 2.75) is 23.6 Å². The first-order chi connectivity index (χ1) is 25.4. The molecule has 0 aliphatic rings. The molecule has 6 aromatic rings. The molecule has 6 rings (SSSR count). The number of benzene rings is 4. The van der Waals surface area contributed by atoms with Gasteiger partial charge in [0.25, 0.3) is 0 Å². The summed E-state index contributed by atoms with van der Waals surface area (Å²) in [6, 6.07) is 19.9. The van der Waals surface area contributed by atoms with Gasteiger partial charge in [0, 0.05) is 17.4 Å². The van der Waals surface area contributed by atoms with Crippen LogP contribution in [0.1, 0.15) is 11.4 Å². The number of primary sulfonamides is 2. The van der Waals surface area contributed by atoms with Crippen LogP contribution < -0.4 is 51.0 Å². The average Bonchev–Trinajstić information content (AvgIpc) is 3.55. The molecule has 0 fully saturated rings. The Kier molecular flexibility index (Phi) is 15.4. The van der Waals surface area contributed by atoms with Gasteiger partial charge in [0.05, 0.1) is 31.2 Å². The monoisotopic (exact) mass is 887 g/mol. The number of para-hydroxylation sites is 2. The van der Waals surface area contributed by atoms with Crippen LogP contribution in [0.3, 0.4) is 0 Å². The summed E-state index contributed by atoms with van der Waals surface area (Å²) >= 11 is 12.2. The van der Waals surface area contributed by atoms with Crippen molar-refractivity contribution < 1.29 is 74.0 Å². The first kappa shape index (κ1) is 46.0. The predicted octanol–water partition coefficient (Wildman–Crippen LogP) is 2.36. The molecule has 56 heavy (non-hydrogen) atoms. The number of hydrogen-bond donors (Lipinski definition) is 4. The van der Waals surface area contributed by atoms with Gasteiger partial charge in [0.1, 0.15) is 34.0 Å². The molecule has 0 aliphatic carbocycles. The fourth-order valence-electron chi connectivity index (χ4n) is 4.53. The molecule has 24 heteroatoms. The van der Waals surface area contributed by atoms with Gasteiger partial charge in [-0.05, 0) is 60.7 Å². The molecule has 2 heterocycles. The zero-order valence-electron chi connectivity index (χ0n) is 29.1. The van der Waals surface area contributed by atoms with E-state index in [1.54, 1.807) is 62.4 Å². The van der Waals surface area contributed by atoms with E-state index in [0.29, 0.717) is 21.4 Å². The number of nitrogens with two attached hydrogens (primary N) is 2. The molecule has 6 N–H and O–H groups in total. The molecule has 0 saturated carbocycles. The van der Waals surface area contributed by atoms with Crippen LogP contribution in [0.15, 0.2) is 125 Å². The van der Waals surface area contributed by atoms with Crippen molar-refractivity contribution >= 4 is 66.0 Å². The van der Waals surface area contributed by atoms with E-state index in [2.05, 4.69) is 30.7 Å². The number of aromatic nitrogens is 4. The van der Waals surface area contributed by atoms with Gasteiger partial charge in [-0.1, -0.05) is 72.7 Å². The molecule has 0 aliphatic heterocycles. The van der Waals surface area contributed by atoms with Crippen molar-refractivity contribution in [3.05, 3.63) is 127 Å². The van der Waals surface area contributed by atoms with E-state index in [1.807, 2.05) is 0 Å². The van der Waals surface area contributed by atoms with Gasteiger partial charge in [-0.25, -0.2) is 46.7 Å². The fourth-order valence-corrected chi connectivity index (χ4v) is 6.03. The van der Waals surface area contributed by atoms with Crippen LogP contribution >= 0.6 is 23.2 Å². The summed E-state index contributed by atoms with van der Waals surface area (Å²) in [6.45, 7) is 3.12. The predicted molar refractivity (Wildman–Crippen MR) is 198 cm³/mol. The Bertz CT molecular complexity index is 2630. The topological polar surface area (TPSA) is 280 Å². The third kappa shape index (κ3) is 10.5.